The van der Waals surface area contributed by atoms with Crippen molar-refractivity contribution in [3.05, 3.63) is 22.6 Å². The van der Waals surface area contributed by atoms with Gasteiger partial charge in [-0.3, -0.25) is 9.59 Å². The number of hydrogen-bond donors (Lipinski definition) is 3. The molecule has 0 bridgehead atoms. The Bertz CT molecular complexity index is 433. The third-order valence-corrected chi connectivity index (χ3v) is 2.97. The van der Waals surface area contributed by atoms with Gasteiger partial charge in [0, 0.05) is 12.6 Å². The van der Waals surface area contributed by atoms with E-state index in [2.05, 4.69) is 26.6 Å². The SMILES string of the molecule is CCC(CCO)NC(=O)CNC(=O)c1ccc(Br)o1. The smallest absolute Gasteiger partial charge is 0.287 e. The lowest BCUT2D eigenvalue weighted by Crippen LogP contribution is -2.42. The largest absolute Gasteiger partial charge is 0.444 e. The molecule has 0 spiro atoms. The van der Waals surface area contributed by atoms with Crippen LogP contribution in [0.15, 0.2) is 21.2 Å². The van der Waals surface area contributed by atoms with E-state index in [0.29, 0.717) is 11.1 Å². The van der Waals surface area contributed by atoms with E-state index < -0.39 is 5.91 Å². The first kappa shape index (κ1) is 15.7. The predicted octanol–water partition coefficient (Wildman–Crippen LogP) is 1.05. The second kappa shape index (κ2) is 7.96. The summed E-state index contributed by atoms with van der Waals surface area (Å²) < 4.78 is 5.51. The van der Waals surface area contributed by atoms with Crippen LogP contribution >= 0.6 is 15.9 Å². The van der Waals surface area contributed by atoms with Crippen molar-refractivity contribution >= 4 is 27.7 Å². The lowest BCUT2D eigenvalue weighted by molar-refractivity contribution is -0.120. The van der Waals surface area contributed by atoms with E-state index in [4.69, 9.17) is 9.52 Å². The van der Waals surface area contributed by atoms with Crippen LogP contribution in [0.4, 0.5) is 0 Å². The number of aliphatic hydroxyl groups is 1. The van der Waals surface area contributed by atoms with Crippen molar-refractivity contribution in [2.45, 2.75) is 25.8 Å². The molecular weight excluding hydrogens is 316 g/mol. The second-order valence-corrected chi connectivity index (χ2v) is 4.75. The molecule has 1 aromatic heterocycles. The van der Waals surface area contributed by atoms with Gasteiger partial charge in [-0.25, -0.2) is 0 Å². The minimum Gasteiger partial charge on any atom is -0.444 e. The maximum atomic E-state index is 11.6. The van der Waals surface area contributed by atoms with E-state index in [9.17, 15) is 9.59 Å². The topological polar surface area (TPSA) is 91.6 Å². The van der Waals surface area contributed by atoms with Gasteiger partial charge in [0.05, 0.1) is 6.54 Å². The zero-order valence-electron chi connectivity index (χ0n) is 10.6. The molecule has 0 aliphatic carbocycles. The number of hydrogen-bond acceptors (Lipinski definition) is 4. The molecule has 6 nitrogen and oxygen atoms in total. The number of halogens is 1. The molecule has 1 aromatic rings. The van der Waals surface area contributed by atoms with Crippen LogP contribution in [0.25, 0.3) is 0 Å². The average Bonchev–Trinajstić information content (AvgIpc) is 2.82. The number of carbonyl (C=O) groups excluding carboxylic acids is 2. The summed E-state index contributed by atoms with van der Waals surface area (Å²) in [6, 6.07) is 3.04. The summed E-state index contributed by atoms with van der Waals surface area (Å²) in [4.78, 5) is 23.2. The molecule has 106 valence electrons. The molecule has 3 N–H and O–H groups in total. The first-order chi connectivity index (χ1) is 9.06. The number of aliphatic hydroxyl groups excluding tert-OH is 1. The number of rotatable bonds is 7. The van der Waals surface area contributed by atoms with Gasteiger partial charge in [-0.1, -0.05) is 6.92 Å². The van der Waals surface area contributed by atoms with E-state index in [1.165, 1.54) is 6.07 Å². The summed E-state index contributed by atoms with van der Waals surface area (Å²) in [5, 5.41) is 14.0. The third-order valence-electron chi connectivity index (χ3n) is 2.54. The zero-order chi connectivity index (χ0) is 14.3. The van der Waals surface area contributed by atoms with Crippen LogP contribution in [0, 0.1) is 0 Å². The summed E-state index contributed by atoms with van der Waals surface area (Å²) in [7, 11) is 0. The van der Waals surface area contributed by atoms with E-state index in [-0.39, 0.29) is 30.9 Å². The molecule has 0 radical (unpaired) electrons. The Kier molecular flexibility index (Phi) is 6.58. The molecule has 1 heterocycles. The monoisotopic (exact) mass is 332 g/mol. The van der Waals surface area contributed by atoms with Gasteiger partial charge in [-0.15, -0.1) is 0 Å². The van der Waals surface area contributed by atoms with Crippen molar-refractivity contribution in [1.29, 1.82) is 0 Å². The Balaban J connectivity index is 2.35. The summed E-state index contributed by atoms with van der Waals surface area (Å²) in [5.41, 5.74) is 0. The van der Waals surface area contributed by atoms with E-state index >= 15 is 0 Å². The molecule has 1 atom stereocenters. The van der Waals surface area contributed by atoms with Crippen LogP contribution in [-0.2, 0) is 4.79 Å². The Morgan fingerprint density at radius 2 is 2.21 bits per heavy atom. The quantitative estimate of drug-likeness (QED) is 0.696. The fourth-order valence-electron chi connectivity index (χ4n) is 1.50. The highest BCUT2D eigenvalue weighted by atomic mass is 79.9. The lowest BCUT2D eigenvalue weighted by Gasteiger charge is -2.15. The maximum absolute atomic E-state index is 11.6. The first-order valence-electron chi connectivity index (χ1n) is 6.00. The van der Waals surface area contributed by atoms with Gasteiger partial charge in [-0.2, -0.15) is 0 Å². The number of amides is 2. The van der Waals surface area contributed by atoms with Crippen LogP contribution in [-0.4, -0.2) is 36.1 Å². The number of carbonyl (C=O) groups is 2. The second-order valence-electron chi connectivity index (χ2n) is 3.97. The van der Waals surface area contributed by atoms with Crippen molar-refractivity contribution < 1.29 is 19.1 Å². The molecule has 0 aliphatic rings. The number of furan rings is 1. The highest BCUT2D eigenvalue weighted by Gasteiger charge is 2.13. The fraction of sp³-hybridized carbons (Fsp3) is 0.500. The molecule has 2 amide bonds. The highest BCUT2D eigenvalue weighted by molar-refractivity contribution is 9.10. The van der Waals surface area contributed by atoms with E-state index in [0.717, 1.165) is 6.42 Å². The van der Waals surface area contributed by atoms with Crippen molar-refractivity contribution in [1.82, 2.24) is 10.6 Å². The van der Waals surface area contributed by atoms with E-state index in [1.54, 1.807) is 6.07 Å². The molecule has 0 fully saturated rings. The van der Waals surface area contributed by atoms with Crippen LogP contribution < -0.4 is 10.6 Å². The molecule has 0 saturated carbocycles. The molecule has 0 aromatic carbocycles. The summed E-state index contributed by atoms with van der Waals surface area (Å²) in [5.74, 6) is -0.600. The maximum Gasteiger partial charge on any atom is 0.287 e. The molecule has 19 heavy (non-hydrogen) atoms. The fourth-order valence-corrected chi connectivity index (χ4v) is 1.80. The minimum absolute atomic E-state index is 0.0194. The van der Waals surface area contributed by atoms with Crippen molar-refractivity contribution in [3.8, 4) is 0 Å². The Labute approximate surface area is 119 Å². The van der Waals surface area contributed by atoms with Gasteiger partial charge in [0.25, 0.3) is 5.91 Å². The number of nitrogens with one attached hydrogen (secondary N) is 2. The molecule has 0 aliphatic heterocycles. The van der Waals surface area contributed by atoms with Gasteiger partial charge in [0.2, 0.25) is 5.91 Å². The van der Waals surface area contributed by atoms with Crippen LogP contribution in [0.2, 0.25) is 0 Å². The van der Waals surface area contributed by atoms with Crippen LogP contribution in [0.1, 0.15) is 30.3 Å². The average molecular weight is 333 g/mol. The Hall–Kier alpha value is -1.34. The van der Waals surface area contributed by atoms with E-state index in [1.807, 2.05) is 6.92 Å². The van der Waals surface area contributed by atoms with Crippen LogP contribution in [0.5, 0.6) is 0 Å². The predicted molar refractivity (Wildman–Crippen MR) is 72.7 cm³/mol. The highest BCUT2D eigenvalue weighted by Crippen LogP contribution is 2.13. The van der Waals surface area contributed by atoms with Gasteiger partial charge in [-0.05, 0) is 40.9 Å². The lowest BCUT2D eigenvalue weighted by atomic mass is 10.1. The van der Waals surface area contributed by atoms with Gasteiger partial charge >= 0.3 is 0 Å². The minimum atomic E-state index is -0.448. The normalized spacial score (nSPS) is 11.9. The van der Waals surface area contributed by atoms with Crippen LogP contribution in [0.3, 0.4) is 0 Å². The van der Waals surface area contributed by atoms with Gasteiger partial charge in [0.1, 0.15) is 0 Å². The van der Waals surface area contributed by atoms with Crippen molar-refractivity contribution in [2.24, 2.45) is 0 Å². The molecule has 7 heteroatoms. The Morgan fingerprint density at radius 3 is 2.74 bits per heavy atom. The van der Waals surface area contributed by atoms with Gasteiger partial charge < -0.3 is 20.2 Å². The Morgan fingerprint density at radius 1 is 1.47 bits per heavy atom. The summed E-state index contributed by atoms with van der Waals surface area (Å²) in [6.07, 6.45) is 1.23. The zero-order valence-corrected chi connectivity index (χ0v) is 12.2. The standard InChI is InChI=1S/C12H17BrN2O4/c1-2-8(5-6-16)15-11(17)7-14-12(18)9-3-4-10(13)19-9/h3-4,8,16H,2,5-7H2,1H3,(H,14,18)(H,15,17). The molecular formula is C12H17BrN2O4. The molecule has 0 saturated heterocycles. The van der Waals surface area contributed by atoms with Crippen molar-refractivity contribution in [3.63, 3.8) is 0 Å². The summed E-state index contributed by atoms with van der Waals surface area (Å²) >= 11 is 3.09. The molecule has 1 rings (SSSR count). The summed E-state index contributed by atoms with van der Waals surface area (Å²) in [6.45, 7) is 1.81. The van der Waals surface area contributed by atoms with Gasteiger partial charge in [0.15, 0.2) is 10.4 Å². The third kappa shape index (κ3) is 5.44. The van der Waals surface area contributed by atoms with Crippen molar-refractivity contribution in [2.75, 3.05) is 13.2 Å². The first-order valence-corrected chi connectivity index (χ1v) is 6.79. The molecule has 1 unspecified atom stereocenters.